The molecule has 0 saturated carbocycles. The number of carbonyl (C=O) groups is 1. The number of aromatic nitrogens is 2. The summed E-state index contributed by atoms with van der Waals surface area (Å²) in [7, 11) is 4.46. The lowest BCUT2D eigenvalue weighted by molar-refractivity contribution is -0.140. The van der Waals surface area contributed by atoms with Gasteiger partial charge in [-0.3, -0.25) is 9.36 Å². The molecule has 1 heterocycles. The van der Waals surface area contributed by atoms with Crippen LogP contribution in [-0.2, 0) is 11.2 Å². The molecule has 34 heavy (non-hydrogen) atoms. The molecule has 0 aliphatic rings. The van der Waals surface area contributed by atoms with Gasteiger partial charge in [0.25, 0.3) is 5.56 Å². The van der Waals surface area contributed by atoms with Gasteiger partial charge in [0.2, 0.25) is 5.75 Å². The van der Waals surface area contributed by atoms with Crippen molar-refractivity contribution in [2.75, 3.05) is 21.3 Å². The molecule has 1 unspecified atom stereocenters. The van der Waals surface area contributed by atoms with Gasteiger partial charge in [-0.25, -0.2) is 9.78 Å². The standard InChI is InChI=1S/C26H24N2O6/c1-32-21-14-17(15-22(33-2)23(21)34-3)24-27-19-12-8-7-11-18(19)25(29)28(24)20(26(30)31)13-16-9-5-4-6-10-16/h4-12,14-15,20H,13H2,1-3H3,(H,30,31). The Morgan fingerprint density at radius 2 is 1.56 bits per heavy atom. The zero-order valence-corrected chi connectivity index (χ0v) is 19.0. The average molecular weight is 460 g/mol. The highest BCUT2D eigenvalue weighted by Gasteiger charge is 2.27. The van der Waals surface area contributed by atoms with Crippen LogP contribution in [0.4, 0.5) is 0 Å². The quantitative estimate of drug-likeness (QED) is 0.425. The number of carboxylic acid groups (broad SMARTS) is 1. The van der Waals surface area contributed by atoms with Crippen molar-refractivity contribution in [2.45, 2.75) is 12.5 Å². The molecule has 1 atom stereocenters. The highest BCUT2D eigenvalue weighted by molar-refractivity contribution is 5.82. The summed E-state index contributed by atoms with van der Waals surface area (Å²) in [6.45, 7) is 0. The Kier molecular flexibility index (Phi) is 6.49. The number of carboxylic acids is 1. The Morgan fingerprint density at radius 1 is 0.941 bits per heavy atom. The van der Waals surface area contributed by atoms with Crippen molar-refractivity contribution in [3.63, 3.8) is 0 Å². The van der Waals surface area contributed by atoms with E-state index in [0.29, 0.717) is 33.7 Å². The normalized spacial score (nSPS) is 11.7. The number of para-hydroxylation sites is 1. The van der Waals surface area contributed by atoms with Crippen molar-refractivity contribution in [3.05, 3.63) is 82.6 Å². The maximum absolute atomic E-state index is 13.7. The van der Waals surface area contributed by atoms with Crippen molar-refractivity contribution in [1.29, 1.82) is 0 Å². The summed E-state index contributed by atoms with van der Waals surface area (Å²) in [6.07, 6.45) is 0.105. The lowest BCUT2D eigenvalue weighted by Crippen LogP contribution is -2.33. The molecule has 8 nitrogen and oxygen atoms in total. The zero-order valence-electron chi connectivity index (χ0n) is 19.0. The maximum atomic E-state index is 13.7. The first-order valence-electron chi connectivity index (χ1n) is 10.6. The van der Waals surface area contributed by atoms with Gasteiger partial charge in [-0.15, -0.1) is 0 Å². The molecule has 4 aromatic rings. The maximum Gasteiger partial charge on any atom is 0.327 e. The third-order valence-electron chi connectivity index (χ3n) is 5.60. The van der Waals surface area contributed by atoms with Crippen molar-refractivity contribution >= 4 is 16.9 Å². The SMILES string of the molecule is COc1cc(-c2nc3ccccc3c(=O)n2C(Cc2ccccc2)C(=O)O)cc(OC)c1OC. The number of aliphatic carboxylic acids is 1. The monoisotopic (exact) mass is 460 g/mol. The molecule has 174 valence electrons. The van der Waals surface area contributed by atoms with Gasteiger partial charge < -0.3 is 19.3 Å². The van der Waals surface area contributed by atoms with Crippen LogP contribution in [0.25, 0.3) is 22.3 Å². The highest BCUT2D eigenvalue weighted by atomic mass is 16.5. The smallest absolute Gasteiger partial charge is 0.327 e. The topological polar surface area (TPSA) is 99.9 Å². The largest absolute Gasteiger partial charge is 0.493 e. The number of fused-ring (bicyclic) bond motifs is 1. The number of rotatable bonds is 8. The molecule has 0 amide bonds. The predicted molar refractivity (Wildman–Crippen MR) is 128 cm³/mol. The third-order valence-corrected chi connectivity index (χ3v) is 5.60. The fourth-order valence-electron chi connectivity index (χ4n) is 3.98. The number of methoxy groups -OCH3 is 3. The second-order valence-electron chi connectivity index (χ2n) is 7.59. The molecule has 0 aliphatic heterocycles. The lowest BCUT2D eigenvalue weighted by Gasteiger charge is -2.21. The Balaban J connectivity index is 2.03. The molecule has 0 saturated heterocycles. The second-order valence-corrected chi connectivity index (χ2v) is 7.59. The van der Waals surface area contributed by atoms with E-state index < -0.39 is 17.6 Å². The summed E-state index contributed by atoms with van der Waals surface area (Å²) < 4.78 is 17.6. The molecule has 1 N–H and O–H groups in total. The van der Waals surface area contributed by atoms with Crippen LogP contribution in [0.15, 0.2) is 71.5 Å². The van der Waals surface area contributed by atoms with Gasteiger partial charge in [-0.2, -0.15) is 0 Å². The Morgan fingerprint density at radius 3 is 2.15 bits per heavy atom. The van der Waals surface area contributed by atoms with E-state index in [-0.39, 0.29) is 12.2 Å². The van der Waals surface area contributed by atoms with E-state index >= 15 is 0 Å². The molecule has 3 aromatic carbocycles. The summed E-state index contributed by atoms with van der Waals surface area (Å²) in [4.78, 5) is 30.8. The molecular weight excluding hydrogens is 436 g/mol. The summed E-state index contributed by atoms with van der Waals surface area (Å²) in [5.41, 5.74) is 1.25. The van der Waals surface area contributed by atoms with Crippen LogP contribution in [0.1, 0.15) is 11.6 Å². The van der Waals surface area contributed by atoms with Gasteiger partial charge in [0.15, 0.2) is 11.5 Å². The third kappa shape index (κ3) is 4.17. The Bertz CT molecular complexity index is 1370. The first-order chi connectivity index (χ1) is 16.5. The number of benzene rings is 3. The van der Waals surface area contributed by atoms with E-state index in [0.717, 1.165) is 5.56 Å². The van der Waals surface area contributed by atoms with Gasteiger partial charge in [0, 0.05) is 12.0 Å². The lowest BCUT2D eigenvalue weighted by atomic mass is 10.0. The minimum Gasteiger partial charge on any atom is -0.493 e. The van der Waals surface area contributed by atoms with E-state index in [2.05, 4.69) is 0 Å². The van der Waals surface area contributed by atoms with Crippen LogP contribution in [0.2, 0.25) is 0 Å². The second kappa shape index (κ2) is 9.66. The molecular formula is C26H24N2O6. The first-order valence-corrected chi connectivity index (χ1v) is 10.6. The van der Waals surface area contributed by atoms with Crippen LogP contribution in [0.3, 0.4) is 0 Å². The van der Waals surface area contributed by atoms with E-state index in [9.17, 15) is 14.7 Å². The van der Waals surface area contributed by atoms with Gasteiger partial charge in [-0.1, -0.05) is 42.5 Å². The van der Waals surface area contributed by atoms with Crippen LogP contribution >= 0.6 is 0 Å². The van der Waals surface area contributed by atoms with Gasteiger partial charge >= 0.3 is 5.97 Å². The fourth-order valence-corrected chi connectivity index (χ4v) is 3.98. The van der Waals surface area contributed by atoms with Gasteiger partial charge in [0.1, 0.15) is 11.9 Å². The van der Waals surface area contributed by atoms with E-state index in [1.165, 1.54) is 25.9 Å². The Labute approximate surface area is 196 Å². The molecule has 0 radical (unpaired) electrons. The van der Waals surface area contributed by atoms with Crippen molar-refractivity contribution in [2.24, 2.45) is 0 Å². The number of hydrogen-bond donors (Lipinski definition) is 1. The summed E-state index contributed by atoms with van der Waals surface area (Å²) in [6, 6.07) is 18.1. The molecule has 4 rings (SSSR count). The van der Waals surface area contributed by atoms with Crippen molar-refractivity contribution in [1.82, 2.24) is 9.55 Å². The van der Waals surface area contributed by atoms with E-state index in [1.807, 2.05) is 30.3 Å². The van der Waals surface area contributed by atoms with Crippen molar-refractivity contribution < 1.29 is 24.1 Å². The van der Waals surface area contributed by atoms with Crippen LogP contribution in [0.5, 0.6) is 17.2 Å². The predicted octanol–water partition coefficient (Wildman–Crippen LogP) is 3.96. The zero-order chi connectivity index (χ0) is 24.2. The number of hydrogen-bond acceptors (Lipinski definition) is 6. The van der Waals surface area contributed by atoms with Crippen LogP contribution in [-0.4, -0.2) is 42.0 Å². The summed E-state index contributed by atoms with van der Waals surface area (Å²) in [5, 5.41) is 10.5. The van der Waals surface area contributed by atoms with Crippen LogP contribution < -0.4 is 19.8 Å². The highest BCUT2D eigenvalue weighted by Crippen LogP contribution is 2.41. The summed E-state index contributed by atoms with van der Waals surface area (Å²) in [5.74, 6) is 0.145. The summed E-state index contributed by atoms with van der Waals surface area (Å²) >= 11 is 0. The minimum atomic E-state index is -1.19. The molecule has 0 fully saturated rings. The Hall–Kier alpha value is -4.33. The molecule has 1 aromatic heterocycles. The van der Waals surface area contributed by atoms with E-state index in [4.69, 9.17) is 19.2 Å². The van der Waals surface area contributed by atoms with Crippen molar-refractivity contribution in [3.8, 4) is 28.6 Å². The van der Waals surface area contributed by atoms with E-state index in [1.54, 1.807) is 36.4 Å². The van der Waals surface area contributed by atoms with Gasteiger partial charge in [0.05, 0.1) is 32.2 Å². The molecule has 0 spiro atoms. The fraction of sp³-hybridized carbons (Fsp3) is 0.192. The molecule has 8 heteroatoms. The van der Waals surface area contributed by atoms with Crippen LogP contribution in [0, 0.1) is 0 Å². The molecule has 0 aliphatic carbocycles. The van der Waals surface area contributed by atoms with Gasteiger partial charge in [-0.05, 0) is 29.8 Å². The minimum absolute atomic E-state index is 0.105. The average Bonchev–Trinajstić information content (AvgIpc) is 2.87. The number of ether oxygens (including phenoxy) is 3. The molecule has 0 bridgehead atoms. The number of nitrogens with zero attached hydrogens (tertiary/aromatic N) is 2. The first kappa shape index (κ1) is 22.8.